The van der Waals surface area contributed by atoms with Crippen molar-refractivity contribution in [3.63, 3.8) is 0 Å². The third-order valence-electron chi connectivity index (χ3n) is 2.73. The highest BCUT2D eigenvalue weighted by molar-refractivity contribution is 7.18. The molecule has 0 aromatic carbocycles. The zero-order valence-corrected chi connectivity index (χ0v) is 12.8. The molecule has 0 saturated heterocycles. The minimum absolute atomic E-state index is 0.294. The van der Waals surface area contributed by atoms with Crippen molar-refractivity contribution in [2.45, 2.75) is 26.8 Å². The Morgan fingerprint density at radius 3 is 2.90 bits per heavy atom. The first kappa shape index (κ1) is 14.5. The molecular weight excluding hydrogens is 276 g/mol. The molecule has 2 heterocycles. The molecule has 0 bridgehead atoms. The third kappa shape index (κ3) is 2.98. The monoisotopic (exact) mass is 294 g/mol. The van der Waals surface area contributed by atoms with Gasteiger partial charge in [-0.3, -0.25) is 0 Å². The van der Waals surface area contributed by atoms with E-state index >= 15 is 0 Å². The molecule has 7 heteroatoms. The zero-order valence-electron chi connectivity index (χ0n) is 12.0. The van der Waals surface area contributed by atoms with Gasteiger partial charge in [0.15, 0.2) is 0 Å². The highest BCUT2D eigenvalue weighted by Gasteiger charge is 2.17. The van der Waals surface area contributed by atoms with Crippen LogP contribution in [0.5, 0.6) is 0 Å². The van der Waals surface area contributed by atoms with Gasteiger partial charge in [-0.2, -0.15) is 4.98 Å². The first-order valence-corrected chi connectivity index (χ1v) is 7.26. The summed E-state index contributed by atoms with van der Waals surface area (Å²) in [5.41, 5.74) is 0. The van der Waals surface area contributed by atoms with Crippen molar-refractivity contribution >= 4 is 39.3 Å². The smallest absolute Gasteiger partial charge is 0.328 e. The maximum Gasteiger partial charge on any atom is 0.328 e. The number of carbonyl (C=O) groups is 1. The summed E-state index contributed by atoms with van der Waals surface area (Å²) >= 11 is 1.59. The summed E-state index contributed by atoms with van der Waals surface area (Å²) in [6.07, 6.45) is 0. The summed E-state index contributed by atoms with van der Waals surface area (Å²) in [7, 11) is 1.76. The number of carbonyl (C=O) groups excluding carboxylic acids is 1. The second kappa shape index (κ2) is 6.04. The number of fused-ring (bicyclic) bond motifs is 1. The maximum atomic E-state index is 11.7. The van der Waals surface area contributed by atoms with Crippen LogP contribution in [0, 0.1) is 6.92 Å². The van der Waals surface area contributed by atoms with Gasteiger partial charge in [-0.05, 0) is 26.8 Å². The molecule has 2 N–H and O–H groups in total. The average molecular weight is 294 g/mol. The van der Waals surface area contributed by atoms with Gasteiger partial charge in [-0.15, -0.1) is 11.3 Å². The van der Waals surface area contributed by atoms with Crippen molar-refractivity contribution in [1.82, 2.24) is 9.97 Å². The molecule has 0 aliphatic rings. The molecule has 0 fully saturated rings. The van der Waals surface area contributed by atoms with Crippen molar-refractivity contribution in [3.05, 3.63) is 10.9 Å². The van der Waals surface area contributed by atoms with E-state index in [2.05, 4.69) is 20.6 Å². The fourth-order valence-electron chi connectivity index (χ4n) is 1.80. The maximum absolute atomic E-state index is 11.7. The first-order valence-electron chi connectivity index (χ1n) is 6.44. The van der Waals surface area contributed by atoms with E-state index in [1.165, 1.54) is 0 Å². The number of esters is 1. The number of rotatable bonds is 5. The summed E-state index contributed by atoms with van der Waals surface area (Å²) in [6, 6.07) is 1.55. The SMILES string of the molecule is CCOC(=O)C(C)Nc1nc(NC)nc2sc(C)cc12. The second-order valence-electron chi connectivity index (χ2n) is 4.34. The van der Waals surface area contributed by atoms with Gasteiger partial charge in [0, 0.05) is 11.9 Å². The van der Waals surface area contributed by atoms with E-state index in [4.69, 9.17) is 4.74 Å². The Hall–Kier alpha value is -1.89. The van der Waals surface area contributed by atoms with E-state index < -0.39 is 6.04 Å². The lowest BCUT2D eigenvalue weighted by Gasteiger charge is -2.14. The Kier molecular flexibility index (Phi) is 4.39. The average Bonchev–Trinajstić information content (AvgIpc) is 2.79. The number of ether oxygens (including phenoxy) is 1. The van der Waals surface area contributed by atoms with E-state index in [-0.39, 0.29) is 5.97 Å². The lowest BCUT2D eigenvalue weighted by molar-refractivity contribution is -0.143. The first-order chi connectivity index (χ1) is 9.55. The molecule has 20 heavy (non-hydrogen) atoms. The lowest BCUT2D eigenvalue weighted by Crippen LogP contribution is -2.28. The molecule has 6 nitrogen and oxygen atoms in total. The molecule has 0 aliphatic carbocycles. The van der Waals surface area contributed by atoms with Gasteiger partial charge < -0.3 is 15.4 Å². The van der Waals surface area contributed by atoms with E-state index in [9.17, 15) is 4.79 Å². The summed E-state index contributed by atoms with van der Waals surface area (Å²) in [6.45, 7) is 5.92. The molecule has 2 rings (SSSR count). The Labute approximate surface area is 121 Å². The van der Waals surface area contributed by atoms with Crippen LogP contribution in [0.2, 0.25) is 0 Å². The molecule has 0 amide bonds. The molecule has 2 aromatic rings. The van der Waals surface area contributed by atoms with E-state index in [1.54, 1.807) is 32.2 Å². The predicted molar refractivity (Wildman–Crippen MR) is 81.4 cm³/mol. The standard InChI is InChI=1S/C13H18N4O2S/c1-5-19-12(18)8(3)15-10-9-6-7(2)20-11(9)17-13(14-4)16-10/h6,8H,5H2,1-4H3,(H2,14,15,16,17). The van der Waals surface area contributed by atoms with Crippen LogP contribution >= 0.6 is 11.3 Å². The highest BCUT2D eigenvalue weighted by atomic mass is 32.1. The lowest BCUT2D eigenvalue weighted by atomic mass is 10.3. The van der Waals surface area contributed by atoms with Crippen LogP contribution in [0.4, 0.5) is 11.8 Å². The molecule has 108 valence electrons. The number of aryl methyl sites for hydroxylation is 1. The predicted octanol–water partition coefficient (Wildman–Crippen LogP) is 2.40. The Balaban J connectivity index is 2.34. The fourth-order valence-corrected chi connectivity index (χ4v) is 2.67. The normalized spacial score (nSPS) is 12.2. The summed E-state index contributed by atoms with van der Waals surface area (Å²) in [4.78, 5) is 22.5. The fraction of sp³-hybridized carbons (Fsp3) is 0.462. The molecule has 0 spiro atoms. The highest BCUT2D eigenvalue weighted by Crippen LogP contribution is 2.29. The van der Waals surface area contributed by atoms with Crippen LogP contribution in [-0.2, 0) is 9.53 Å². The molecule has 2 aromatic heterocycles. The van der Waals surface area contributed by atoms with Gasteiger partial charge in [-0.1, -0.05) is 0 Å². The molecule has 1 atom stereocenters. The number of anilines is 2. The quantitative estimate of drug-likeness (QED) is 0.825. The van der Waals surface area contributed by atoms with Crippen LogP contribution in [0.3, 0.4) is 0 Å². The van der Waals surface area contributed by atoms with Crippen molar-refractivity contribution in [1.29, 1.82) is 0 Å². The number of aromatic nitrogens is 2. The van der Waals surface area contributed by atoms with E-state index in [0.29, 0.717) is 18.4 Å². The zero-order chi connectivity index (χ0) is 14.7. The molecular formula is C13H18N4O2S. The van der Waals surface area contributed by atoms with Crippen molar-refractivity contribution in [3.8, 4) is 0 Å². The van der Waals surface area contributed by atoms with E-state index in [1.807, 2.05) is 13.0 Å². The van der Waals surface area contributed by atoms with Crippen molar-refractivity contribution < 1.29 is 9.53 Å². The summed E-state index contributed by atoms with van der Waals surface area (Å²) in [5.74, 6) is 0.874. The van der Waals surface area contributed by atoms with Crippen molar-refractivity contribution in [2.24, 2.45) is 0 Å². The minimum Gasteiger partial charge on any atom is -0.464 e. The van der Waals surface area contributed by atoms with E-state index in [0.717, 1.165) is 15.1 Å². The number of thiophene rings is 1. The van der Waals surface area contributed by atoms with Crippen molar-refractivity contribution in [2.75, 3.05) is 24.3 Å². The number of nitrogens with zero attached hydrogens (tertiary/aromatic N) is 2. The van der Waals surface area contributed by atoms with Gasteiger partial charge in [0.25, 0.3) is 0 Å². The summed E-state index contributed by atoms with van der Waals surface area (Å²) in [5, 5.41) is 6.94. The third-order valence-corrected chi connectivity index (χ3v) is 3.68. The Bertz CT molecular complexity index is 626. The Morgan fingerprint density at radius 1 is 1.50 bits per heavy atom. The minimum atomic E-state index is -0.460. The van der Waals surface area contributed by atoms with Crippen LogP contribution in [-0.4, -0.2) is 35.6 Å². The van der Waals surface area contributed by atoms with Gasteiger partial charge in [0.2, 0.25) is 5.95 Å². The van der Waals surface area contributed by atoms with Crippen LogP contribution < -0.4 is 10.6 Å². The van der Waals surface area contributed by atoms with Gasteiger partial charge in [0.1, 0.15) is 16.7 Å². The Morgan fingerprint density at radius 2 is 2.25 bits per heavy atom. The van der Waals surface area contributed by atoms with Crippen LogP contribution in [0.1, 0.15) is 18.7 Å². The number of nitrogens with one attached hydrogen (secondary N) is 2. The molecule has 1 unspecified atom stereocenters. The molecule has 0 aliphatic heterocycles. The van der Waals surface area contributed by atoms with Crippen LogP contribution in [0.15, 0.2) is 6.07 Å². The van der Waals surface area contributed by atoms with Crippen LogP contribution in [0.25, 0.3) is 10.2 Å². The van der Waals surface area contributed by atoms with Gasteiger partial charge in [0.05, 0.1) is 12.0 Å². The number of hydrogen-bond donors (Lipinski definition) is 2. The molecule has 0 radical (unpaired) electrons. The van der Waals surface area contributed by atoms with Gasteiger partial charge in [-0.25, -0.2) is 9.78 Å². The van der Waals surface area contributed by atoms with Gasteiger partial charge >= 0.3 is 5.97 Å². The topological polar surface area (TPSA) is 76.1 Å². The largest absolute Gasteiger partial charge is 0.464 e. The molecule has 0 saturated carbocycles. The summed E-state index contributed by atoms with van der Waals surface area (Å²) < 4.78 is 4.99. The second-order valence-corrected chi connectivity index (χ2v) is 5.57. The number of hydrogen-bond acceptors (Lipinski definition) is 7.